The molecule has 0 fully saturated rings. The summed E-state index contributed by atoms with van der Waals surface area (Å²) in [4.78, 5) is 11.2. The fraction of sp³-hybridized carbons (Fsp3) is 0.357. The van der Waals surface area contributed by atoms with Crippen LogP contribution in [0.25, 0.3) is 0 Å². The molecular formula is C14H17NO2. The van der Waals surface area contributed by atoms with E-state index in [9.17, 15) is 9.90 Å². The fourth-order valence-corrected chi connectivity index (χ4v) is 2.51. The van der Waals surface area contributed by atoms with Gasteiger partial charge < -0.3 is 10.4 Å². The van der Waals surface area contributed by atoms with Gasteiger partial charge in [-0.15, -0.1) is 6.58 Å². The number of hydrogen-bond donors (Lipinski definition) is 2. The minimum atomic E-state index is -0.810. The van der Waals surface area contributed by atoms with E-state index in [-0.39, 0.29) is 11.8 Å². The minimum absolute atomic E-state index is 0.000648. The van der Waals surface area contributed by atoms with Crippen molar-refractivity contribution in [1.82, 2.24) is 0 Å². The van der Waals surface area contributed by atoms with Crippen molar-refractivity contribution < 1.29 is 9.90 Å². The van der Waals surface area contributed by atoms with Crippen LogP contribution in [0.2, 0.25) is 0 Å². The van der Waals surface area contributed by atoms with E-state index in [1.54, 1.807) is 0 Å². The zero-order valence-corrected chi connectivity index (χ0v) is 10.1. The number of nitrogens with one attached hydrogen (secondary N) is 1. The molecule has 3 nitrogen and oxygen atoms in total. The van der Waals surface area contributed by atoms with E-state index in [0.29, 0.717) is 0 Å². The van der Waals surface area contributed by atoms with Gasteiger partial charge in [0.25, 0.3) is 0 Å². The summed E-state index contributed by atoms with van der Waals surface area (Å²) in [6, 6.07) is 5.49. The van der Waals surface area contributed by atoms with Gasteiger partial charge in [-0.05, 0) is 24.5 Å². The maximum atomic E-state index is 11.2. The van der Waals surface area contributed by atoms with Crippen LogP contribution in [0, 0.1) is 12.8 Å². The van der Waals surface area contributed by atoms with Crippen LogP contribution in [0.4, 0.5) is 5.69 Å². The van der Waals surface area contributed by atoms with Crippen molar-refractivity contribution in [3.05, 3.63) is 42.0 Å². The first-order valence-corrected chi connectivity index (χ1v) is 5.77. The van der Waals surface area contributed by atoms with E-state index in [1.165, 1.54) is 5.56 Å². The fourth-order valence-electron chi connectivity index (χ4n) is 2.51. The second-order valence-electron chi connectivity index (χ2n) is 4.67. The van der Waals surface area contributed by atoms with Crippen molar-refractivity contribution >= 4 is 11.7 Å². The zero-order valence-electron chi connectivity index (χ0n) is 10.1. The van der Waals surface area contributed by atoms with E-state index in [0.717, 1.165) is 11.3 Å². The molecule has 0 spiro atoms. The number of aryl methyl sites for hydroxylation is 1. The molecule has 17 heavy (non-hydrogen) atoms. The second kappa shape index (κ2) is 4.24. The third-order valence-corrected chi connectivity index (χ3v) is 3.49. The maximum absolute atomic E-state index is 11.2. The molecule has 2 N–H and O–H groups in total. The number of carbonyl (C=O) groups is 1. The predicted octanol–water partition coefficient (Wildman–Crippen LogP) is 2.78. The topological polar surface area (TPSA) is 49.3 Å². The lowest BCUT2D eigenvalue weighted by Gasteiger charge is -2.35. The van der Waals surface area contributed by atoms with Crippen LogP contribution >= 0.6 is 0 Å². The minimum Gasteiger partial charge on any atom is -0.480 e. The number of carboxylic acids is 1. The monoisotopic (exact) mass is 231 g/mol. The first kappa shape index (κ1) is 11.7. The maximum Gasteiger partial charge on any atom is 0.326 e. The van der Waals surface area contributed by atoms with E-state index in [1.807, 2.05) is 32.1 Å². The quantitative estimate of drug-likeness (QED) is 0.769. The Balaban J connectivity index is 2.50. The number of aliphatic carboxylic acids is 1. The van der Waals surface area contributed by atoms with Crippen LogP contribution in [-0.2, 0) is 4.79 Å². The Bertz CT molecular complexity index is 467. The van der Waals surface area contributed by atoms with Crippen LogP contribution in [-0.4, -0.2) is 17.1 Å². The van der Waals surface area contributed by atoms with Crippen molar-refractivity contribution in [3.63, 3.8) is 0 Å². The molecule has 3 heteroatoms. The molecule has 3 unspecified atom stereocenters. The molecule has 0 bridgehead atoms. The number of hydrogen-bond acceptors (Lipinski definition) is 2. The Hall–Kier alpha value is -1.77. The second-order valence-corrected chi connectivity index (χ2v) is 4.67. The van der Waals surface area contributed by atoms with E-state index in [4.69, 9.17) is 0 Å². The predicted molar refractivity (Wildman–Crippen MR) is 68.3 cm³/mol. The first-order valence-electron chi connectivity index (χ1n) is 5.77. The van der Waals surface area contributed by atoms with Crippen LogP contribution in [0.3, 0.4) is 0 Å². The highest BCUT2D eigenvalue weighted by atomic mass is 16.4. The lowest BCUT2D eigenvalue weighted by molar-refractivity contribution is -0.139. The Morgan fingerprint density at radius 2 is 2.24 bits per heavy atom. The molecule has 0 amide bonds. The van der Waals surface area contributed by atoms with Gasteiger partial charge in [0.1, 0.15) is 6.04 Å². The lowest BCUT2D eigenvalue weighted by atomic mass is 9.78. The first-order chi connectivity index (χ1) is 8.04. The van der Waals surface area contributed by atoms with Gasteiger partial charge in [0.2, 0.25) is 0 Å². The molecule has 1 heterocycles. The Morgan fingerprint density at radius 1 is 1.53 bits per heavy atom. The largest absolute Gasteiger partial charge is 0.480 e. The Kier molecular flexibility index (Phi) is 2.92. The van der Waals surface area contributed by atoms with Gasteiger partial charge in [0.05, 0.1) is 0 Å². The number of anilines is 1. The van der Waals surface area contributed by atoms with Crippen molar-refractivity contribution in [1.29, 1.82) is 0 Å². The average Bonchev–Trinajstić information content (AvgIpc) is 2.28. The lowest BCUT2D eigenvalue weighted by Crippen LogP contribution is -2.41. The molecular weight excluding hydrogens is 214 g/mol. The number of rotatable bonds is 2. The van der Waals surface area contributed by atoms with Crippen LogP contribution in [0.1, 0.15) is 24.0 Å². The van der Waals surface area contributed by atoms with Gasteiger partial charge in [0, 0.05) is 11.6 Å². The Morgan fingerprint density at radius 3 is 2.82 bits per heavy atom. The third-order valence-electron chi connectivity index (χ3n) is 3.49. The Labute approximate surface area is 101 Å². The smallest absolute Gasteiger partial charge is 0.326 e. The highest BCUT2D eigenvalue weighted by Gasteiger charge is 2.35. The molecule has 0 aliphatic carbocycles. The molecule has 90 valence electrons. The van der Waals surface area contributed by atoms with Crippen molar-refractivity contribution in [3.8, 4) is 0 Å². The highest BCUT2D eigenvalue weighted by molar-refractivity contribution is 5.80. The van der Waals surface area contributed by atoms with Gasteiger partial charge in [-0.25, -0.2) is 4.79 Å². The molecule has 1 aromatic rings. The normalized spacial score (nSPS) is 26.8. The molecule has 0 radical (unpaired) electrons. The van der Waals surface area contributed by atoms with Crippen molar-refractivity contribution in [2.75, 3.05) is 5.32 Å². The number of carboxylic acid groups (broad SMARTS) is 1. The number of allylic oxidation sites excluding steroid dienone is 1. The molecule has 0 saturated carbocycles. The van der Waals surface area contributed by atoms with Gasteiger partial charge in [-0.2, -0.15) is 0 Å². The van der Waals surface area contributed by atoms with Gasteiger partial charge in [-0.1, -0.05) is 30.7 Å². The molecule has 1 aliphatic rings. The third kappa shape index (κ3) is 1.93. The van der Waals surface area contributed by atoms with Crippen molar-refractivity contribution in [2.24, 2.45) is 5.92 Å². The van der Waals surface area contributed by atoms with Crippen LogP contribution in [0.5, 0.6) is 0 Å². The summed E-state index contributed by atoms with van der Waals surface area (Å²) in [5.41, 5.74) is 3.23. The summed E-state index contributed by atoms with van der Waals surface area (Å²) < 4.78 is 0. The molecule has 1 aromatic carbocycles. The van der Waals surface area contributed by atoms with Crippen LogP contribution < -0.4 is 5.32 Å². The van der Waals surface area contributed by atoms with Crippen LogP contribution in [0.15, 0.2) is 30.9 Å². The molecule has 2 rings (SSSR count). The summed E-state index contributed by atoms with van der Waals surface area (Å²) in [5, 5.41) is 12.3. The van der Waals surface area contributed by atoms with Gasteiger partial charge in [0.15, 0.2) is 0 Å². The summed E-state index contributed by atoms with van der Waals surface area (Å²) in [7, 11) is 0. The summed E-state index contributed by atoms with van der Waals surface area (Å²) in [6.07, 6.45) is 1.85. The zero-order chi connectivity index (χ0) is 12.6. The summed E-state index contributed by atoms with van der Waals surface area (Å²) >= 11 is 0. The molecule has 1 aliphatic heterocycles. The van der Waals surface area contributed by atoms with E-state index >= 15 is 0 Å². The number of fused-ring (bicyclic) bond motifs is 1. The molecule has 3 atom stereocenters. The van der Waals surface area contributed by atoms with Gasteiger partial charge >= 0.3 is 5.97 Å². The van der Waals surface area contributed by atoms with Gasteiger partial charge in [-0.3, -0.25) is 0 Å². The number of benzene rings is 1. The standard InChI is InChI=1S/C14H17NO2/c1-4-10-9(3)13(14(16)17)15-12-6-5-8(2)7-11(10)12/h4-7,9-10,13,15H,1H2,2-3H3,(H,16,17). The summed E-state index contributed by atoms with van der Waals surface area (Å²) in [5.74, 6) is -0.720. The molecule has 0 saturated heterocycles. The SMILES string of the molecule is C=CC1c2cc(C)ccc2NC(C(=O)O)C1C. The summed E-state index contributed by atoms with van der Waals surface area (Å²) in [6.45, 7) is 7.82. The highest BCUT2D eigenvalue weighted by Crippen LogP contribution is 2.39. The van der Waals surface area contributed by atoms with E-state index < -0.39 is 12.0 Å². The average molecular weight is 231 g/mol. The molecule has 0 aromatic heterocycles. The van der Waals surface area contributed by atoms with E-state index in [2.05, 4.69) is 18.0 Å². The van der Waals surface area contributed by atoms with Crippen molar-refractivity contribution in [2.45, 2.75) is 25.8 Å².